The molecule has 2 N–H and O–H groups in total. The lowest BCUT2D eigenvalue weighted by Crippen LogP contribution is -2.15. The molecule has 0 spiro atoms. The third-order valence-electron chi connectivity index (χ3n) is 3.55. The summed E-state index contributed by atoms with van der Waals surface area (Å²) in [5, 5.41) is 5.07. The van der Waals surface area contributed by atoms with Crippen molar-refractivity contribution in [2.24, 2.45) is 11.7 Å². The van der Waals surface area contributed by atoms with E-state index in [-0.39, 0.29) is 5.92 Å². The van der Waals surface area contributed by atoms with Gasteiger partial charge < -0.3 is 14.7 Å². The Balaban J connectivity index is 1.94. The van der Waals surface area contributed by atoms with E-state index in [0.29, 0.717) is 24.2 Å². The zero-order valence-corrected chi connectivity index (χ0v) is 12.2. The molecular weight excluding hydrogens is 266 g/mol. The summed E-state index contributed by atoms with van der Waals surface area (Å²) < 4.78 is 10.9. The Morgan fingerprint density at radius 2 is 2.05 bits per heavy atom. The minimum absolute atomic E-state index is 0.101. The first-order chi connectivity index (χ1) is 10.2. The van der Waals surface area contributed by atoms with Crippen LogP contribution in [0.5, 0.6) is 0 Å². The molecule has 0 fully saturated rings. The molecule has 1 aromatic carbocycles. The van der Waals surface area contributed by atoms with Crippen LogP contribution < -0.4 is 5.73 Å². The average Bonchev–Trinajstić information content (AvgIpc) is 3.10. The topological polar surface area (TPSA) is 78.1 Å². The van der Waals surface area contributed by atoms with Crippen molar-refractivity contribution in [2.45, 2.75) is 26.2 Å². The molecule has 5 nitrogen and oxygen atoms in total. The average molecular weight is 285 g/mol. The van der Waals surface area contributed by atoms with Crippen molar-refractivity contribution in [3.63, 3.8) is 0 Å². The van der Waals surface area contributed by atoms with E-state index < -0.39 is 0 Å². The van der Waals surface area contributed by atoms with Crippen LogP contribution in [0, 0.1) is 5.92 Å². The Morgan fingerprint density at radius 1 is 1.24 bits per heavy atom. The highest BCUT2D eigenvalue weighted by Gasteiger charge is 2.21. The fourth-order valence-corrected chi connectivity index (χ4v) is 2.53. The smallest absolute Gasteiger partial charge is 0.231 e. The van der Waals surface area contributed by atoms with Crippen molar-refractivity contribution in [1.82, 2.24) is 10.1 Å². The maximum atomic E-state index is 5.83. The van der Waals surface area contributed by atoms with E-state index in [2.05, 4.69) is 24.0 Å². The maximum Gasteiger partial charge on any atom is 0.231 e. The van der Waals surface area contributed by atoms with Crippen LogP contribution in [0.25, 0.3) is 22.4 Å². The summed E-state index contributed by atoms with van der Waals surface area (Å²) in [4.78, 5) is 4.51. The second-order valence-corrected chi connectivity index (χ2v) is 5.66. The van der Waals surface area contributed by atoms with Crippen LogP contribution in [0.1, 0.15) is 32.1 Å². The largest absolute Gasteiger partial charge is 0.464 e. The van der Waals surface area contributed by atoms with Gasteiger partial charge in [-0.3, -0.25) is 0 Å². The molecule has 0 amide bonds. The van der Waals surface area contributed by atoms with Gasteiger partial charge in [0.2, 0.25) is 11.7 Å². The van der Waals surface area contributed by atoms with Crippen LogP contribution in [0.4, 0.5) is 0 Å². The molecule has 3 aromatic rings. The molecule has 0 saturated heterocycles. The Hall–Kier alpha value is -2.14. The molecule has 0 radical (unpaired) electrons. The first kappa shape index (κ1) is 13.8. The quantitative estimate of drug-likeness (QED) is 0.775. The Kier molecular flexibility index (Phi) is 3.75. The summed E-state index contributed by atoms with van der Waals surface area (Å²) in [6, 6.07) is 7.80. The molecule has 0 aliphatic carbocycles. The summed E-state index contributed by atoms with van der Waals surface area (Å²) in [5.41, 5.74) is 7.49. The zero-order valence-electron chi connectivity index (χ0n) is 12.2. The molecule has 0 aliphatic rings. The third kappa shape index (κ3) is 2.69. The van der Waals surface area contributed by atoms with E-state index in [1.54, 1.807) is 6.26 Å². The lowest BCUT2D eigenvalue weighted by atomic mass is 9.97. The van der Waals surface area contributed by atoms with Crippen molar-refractivity contribution in [3.8, 4) is 11.4 Å². The van der Waals surface area contributed by atoms with Gasteiger partial charge >= 0.3 is 0 Å². The van der Waals surface area contributed by atoms with Gasteiger partial charge in [0.1, 0.15) is 11.8 Å². The SMILES string of the molecule is CC(C)CC(CN)c1nc(-c2coc3ccccc23)no1. The number of aromatic nitrogens is 2. The molecular formula is C16H19N3O2. The van der Waals surface area contributed by atoms with Gasteiger partial charge in [0.15, 0.2) is 0 Å². The number of para-hydroxylation sites is 1. The summed E-state index contributed by atoms with van der Waals surface area (Å²) in [5.74, 6) is 1.79. The molecule has 0 bridgehead atoms. The van der Waals surface area contributed by atoms with Crippen molar-refractivity contribution in [2.75, 3.05) is 6.54 Å². The second kappa shape index (κ2) is 5.69. The number of hydrogen-bond donors (Lipinski definition) is 1. The number of fused-ring (bicyclic) bond motifs is 1. The molecule has 2 heterocycles. The van der Waals surface area contributed by atoms with E-state index in [1.807, 2.05) is 24.3 Å². The van der Waals surface area contributed by atoms with Crippen LogP contribution in [-0.4, -0.2) is 16.7 Å². The molecule has 3 rings (SSSR count). The van der Waals surface area contributed by atoms with Crippen molar-refractivity contribution >= 4 is 11.0 Å². The fourth-order valence-electron chi connectivity index (χ4n) is 2.53. The molecule has 2 aromatic heterocycles. The highest BCUT2D eigenvalue weighted by molar-refractivity contribution is 5.91. The highest BCUT2D eigenvalue weighted by atomic mass is 16.5. The van der Waals surface area contributed by atoms with E-state index in [9.17, 15) is 0 Å². The number of rotatable bonds is 5. The number of benzene rings is 1. The lowest BCUT2D eigenvalue weighted by molar-refractivity contribution is 0.335. The first-order valence-corrected chi connectivity index (χ1v) is 7.19. The Labute approximate surface area is 123 Å². The molecule has 1 unspecified atom stereocenters. The van der Waals surface area contributed by atoms with Crippen LogP contribution >= 0.6 is 0 Å². The van der Waals surface area contributed by atoms with Gasteiger partial charge in [-0.2, -0.15) is 4.98 Å². The molecule has 110 valence electrons. The van der Waals surface area contributed by atoms with Crippen molar-refractivity contribution in [1.29, 1.82) is 0 Å². The van der Waals surface area contributed by atoms with Gasteiger partial charge in [0.05, 0.1) is 11.5 Å². The molecule has 5 heteroatoms. The minimum atomic E-state index is 0.101. The number of nitrogens with zero attached hydrogens (tertiary/aromatic N) is 2. The first-order valence-electron chi connectivity index (χ1n) is 7.19. The van der Waals surface area contributed by atoms with Crippen LogP contribution in [0.3, 0.4) is 0 Å². The van der Waals surface area contributed by atoms with Crippen LogP contribution in [0.15, 0.2) is 39.5 Å². The lowest BCUT2D eigenvalue weighted by Gasteiger charge is -2.11. The third-order valence-corrected chi connectivity index (χ3v) is 3.55. The van der Waals surface area contributed by atoms with E-state index in [1.165, 1.54) is 0 Å². The fraction of sp³-hybridized carbons (Fsp3) is 0.375. The summed E-state index contributed by atoms with van der Waals surface area (Å²) >= 11 is 0. The molecule has 21 heavy (non-hydrogen) atoms. The Morgan fingerprint density at radius 3 is 2.81 bits per heavy atom. The summed E-state index contributed by atoms with van der Waals surface area (Å²) in [7, 11) is 0. The van der Waals surface area contributed by atoms with Gasteiger partial charge in [-0.15, -0.1) is 0 Å². The zero-order chi connectivity index (χ0) is 14.8. The van der Waals surface area contributed by atoms with E-state index in [4.69, 9.17) is 14.7 Å². The summed E-state index contributed by atoms with van der Waals surface area (Å²) in [6.45, 7) is 4.82. The van der Waals surface area contributed by atoms with Gasteiger partial charge in [0.25, 0.3) is 0 Å². The van der Waals surface area contributed by atoms with E-state index in [0.717, 1.165) is 23.0 Å². The number of furan rings is 1. The number of nitrogens with two attached hydrogens (primary N) is 1. The monoisotopic (exact) mass is 285 g/mol. The predicted molar refractivity (Wildman–Crippen MR) is 80.8 cm³/mol. The molecule has 0 aliphatic heterocycles. The van der Waals surface area contributed by atoms with E-state index >= 15 is 0 Å². The van der Waals surface area contributed by atoms with Gasteiger partial charge in [-0.1, -0.05) is 37.2 Å². The normalized spacial score (nSPS) is 13.1. The van der Waals surface area contributed by atoms with Gasteiger partial charge in [-0.05, 0) is 18.4 Å². The minimum Gasteiger partial charge on any atom is -0.464 e. The predicted octanol–water partition coefficient (Wildman–Crippen LogP) is 3.57. The van der Waals surface area contributed by atoms with Crippen molar-refractivity contribution < 1.29 is 8.94 Å². The standard InChI is InChI=1S/C16H19N3O2/c1-10(2)7-11(8-17)16-18-15(19-21-16)13-9-20-14-6-4-3-5-12(13)14/h3-6,9-11H,7-8,17H2,1-2H3. The number of hydrogen-bond acceptors (Lipinski definition) is 5. The van der Waals surface area contributed by atoms with Crippen LogP contribution in [-0.2, 0) is 0 Å². The van der Waals surface area contributed by atoms with Gasteiger partial charge in [-0.25, -0.2) is 0 Å². The van der Waals surface area contributed by atoms with Crippen molar-refractivity contribution in [3.05, 3.63) is 36.4 Å². The summed E-state index contributed by atoms with van der Waals surface area (Å²) in [6.07, 6.45) is 2.60. The van der Waals surface area contributed by atoms with Crippen LogP contribution in [0.2, 0.25) is 0 Å². The maximum absolute atomic E-state index is 5.83. The second-order valence-electron chi connectivity index (χ2n) is 5.66. The Bertz CT molecular complexity index is 730. The van der Waals surface area contributed by atoms with Gasteiger partial charge in [0, 0.05) is 11.9 Å². The molecule has 1 atom stereocenters. The molecule has 0 saturated carbocycles. The highest BCUT2D eigenvalue weighted by Crippen LogP contribution is 2.30.